The zero-order valence-electron chi connectivity index (χ0n) is 16.6. The third-order valence-corrected chi connectivity index (χ3v) is 5.41. The molecule has 0 bridgehead atoms. The van der Waals surface area contributed by atoms with E-state index < -0.39 is 0 Å². The Kier molecular flexibility index (Phi) is 6.44. The van der Waals surface area contributed by atoms with Gasteiger partial charge in [0.25, 0.3) is 0 Å². The van der Waals surface area contributed by atoms with Gasteiger partial charge in [-0.3, -0.25) is 9.20 Å². The molecule has 0 unspecified atom stereocenters. The number of carbonyl (C=O) groups excluding carboxylic acids is 1. The molecule has 4 rings (SSSR count). The van der Waals surface area contributed by atoms with Crippen LogP contribution in [0.4, 0.5) is 0 Å². The molecule has 0 saturated carbocycles. The van der Waals surface area contributed by atoms with Crippen molar-refractivity contribution in [3.8, 4) is 0 Å². The van der Waals surface area contributed by atoms with Crippen molar-refractivity contribution in [3.05, 3.63) is 89.6 Å². The SMILES string of the molecule is O=C(C[C@H](Cn1cccc1)c1ccc(Cl)cc1)NCCCc1nnc2ccccn12. The highest BCUT2D eigenvalue weighted by atomic mass is 35.5. The Morgan fingerprint density at radius 1 is 1.00 bits per heavy atom. The number of halogens is 1. The van der Waals surface area contributed by atoms with E-state index in [4.69, 9.17) is 11.6 Å². The van der Waals surface area contributed by atoms with E-state index in [1.54, 1.807) is 0 Å². The van der Waals surface area contributed by atoms with Gasteiger partial charge in [-0.15, -0.1) is 10.2 Å². The smallest absolute Gasteiger partial charge is 0.220 e. The molecule has 0 aliphatic heterocycles. The van der Waals surface area contributed by atoms with E-state index in [0.717, 1.165) is 36.4 Å². The summed E-state index contributed by atoms with van der Waals surface area (Å²) >= 11 is 6.03. The second-order valence-corrected chi connectivity index (χ2v) is 7.77. The fraction of sp³-hybridized carbons (Fsp3) is 0.261. The van der Waals surface area contributed by atoms with Crippen LogP contribution in [0.15, 0.2) is 73.2 Å². The second-order valence-electron chi connectivity index (χ2n) is 7.33. The number of pyridine rings is 1. The third kappa shape index (κ3) is 5.07. The van der Waals surface area contributed by atoms with Crippen molar-refractivity contribution >= 4 is 23.2 Å². The molecule has 0 saturated heterocycles. The highest BCUT2D eigenvalue weighted by molar-refractivity contribution is 6.30. The van der Waals surface area contributed by atoms with E-state index in [1.165, 1.54) is 0 Å². The number of nitrogens with zero attached hydrogens (tertiary/aromatic N) is 4. The zero-order valence-corrected chi connectivity index (χ0v) is 17.4. The number of aromatic nitrogens is 4. The number of rotatable bonds is 9. The first-order valence-electron chi connectivity index (χ1n) is 10.1. The van der Waals surface area contributed by atoms with E-state index in [-0.39, 0.29) is 11.8 Å². The summed E-state index contributed by atoms with van der Waals surface area (Å²) in [5, 5.41) is 12.1. The third-order valence-electron chi connectivity index (χ3n) is 5.15. The maximum absolute atomic E-state index is 12.6. The van der Waals surface area contributed by atoms with Crippen LogP contribution in [0.1, 0.15) is 30.1 Å². The molecule has 0 spiro atoms. The average molecular weight is 422 g/mol. The van der Waals surface area contributed by atoms with Gasteiger partial charge in [-0.25, -0.2) is 0 Å². The molecule has 3 aromatic heterocycles. The van der Waals surface area contributed by atoms with Gasteiger partial charge in [-0.05, 0) is 48.4 Å². The van der Waals surface area contributed by atoms with Gasteiger partial charge in [0.15, 0.2) is 5.65 Å². The summed E-state index contributed by atoms with van der Waals surface area (Å²) in [6.07, 6.45) is 7.99. The minimum atomic E-state index is 0.0493. The lowest BCUT2D eigenvalue weighted by atomic mass is 9.95. The summed E-state index contributed by atoms with van der Waals surface area (Å²) in [5.74, 6) is 1.04. The van der Waals surface area contributed by atoms with Gasteiger partial charge < -0.3 is 9.88 Å². The lowest BCUT2D eigenvalue weighted by Gasteiger charge is -2.18. The van der Waals surface area contributed by atoms with Gasteiger partial charge in [0.2, 0.25) is 5.91 Å². The van der Waals surface area contributed by atoms with Crippen LogP contribution in [0.2, 0.25) is 5.02 Å². The van der Waals surface area contributed by atoms with Crippen molar-refractivity contribution < 1.29 is 4.79 Å². The van der Waals surface area contributed by atoms with Crippen molar-refractivity contribution in [2.45, 2.75) is 31.7 Å². The number of hydrogen-bond donors (Lipinski definition) is 1. The molecule has 3 heterocycles. The van der Waals surface area contributed by atoms with Crippen LogP contribution in [-0.4, -0.2) is 31.6 Å². The molecule has 0 aliphatic rings. The lowest BCUT2D eigenvalue weighted by molar-refractivity contribution is -0.121. The number of fused-ring (bicyclic) bond motifs is 1. The Bertz CT molecular complexity index is 1090. The Morgan fingerprint density at radius 3 is 2.57 bits per heavy atom. The first kappa shape index (κ1) is 20.2. The van der Waals surface area contributed by atoms with Crippen LogP contribution < -0.4 is 5.32 Å². The van der Waals surface area contributed by atoms with E-state index in [9.17, 15) is 4.79 Å². The minimum absolute atomic E-state index is 0.0493. The van der Waals surface area contributed by atoms with Crippen molar-refractivity contribution in [1.29, 1.82) is 0 Å². The topological polar surface area (TPSA) is 64.2 Å². The molecule has 0 radical (unpaired) electrons. The van der Waals surface area contributed by atoms with Gasteiger partial charge in [0.1, 0.15) is 5.82 Å². The summed E-state index contributed by atoms with van der Waals surface area (Å²) in [6.45, 7) is 1.35. The molecule has 1 aromatic carbocycles. The molecule has 0 aliphatic carbocycles. The first-order chi connectivity index (χ1) is 14.7. The summed E-state index contributed by atoms with van der Waals surface area (Å²) in [6, 6.07) is 17.6. The summed E-state index contributed by atoms with van der Waals surface area (Å²) in [7, 11) is 0. The van der Waals surface area contributed by atoms with E-state index >= 15 is 0 Å². The first-order valence-corrected chi connectivity index (χ1v) is 10.5. The number of amides is 1. The number of nitrogens with one attached hydrogen (secondary N) is 1. The molecule has 154 valence electrons. The quantitative estimate of drug-likeness (QED) is 0.414. The highest BCUT2D eigenvalue weighted by Gasteiger charge is 2.17. The van der Waals surface area contributed by atoms with E-state index in [2.05, 4.69) is 20.1 Å². The van der Waals surface area contributed by atoms with Crippen molar-refractivity contribution in [3.63, 3.8) is 0 Å². The Morgan fingerprint density at radius 2 is 1.77 bits per heavy atom. The average Bonchev–Trinajstić information content (AvgIpc) is 3.41. The van der Waals surface area contributed by atoms with Crippen LogP contribution in [0.5, 0.6) is 0 Å². The second kappa shape index (κ2) is 9.59. The zero-order chi connectivity index (χ0) is 20.8. The maximum atomic E-state index is 12.6. The van der Waals surface area contributed by atoms with Crippen LogP contribution >= 0.6 is 11.6 Å². The fourth-order valence-corrected chi connectivity index (χ4v) is 3.73. The molecule has 1 amide bonds. The molecule has 1 atom stereocenters. The molecular weight excluding hydrogens is 398 g/mol. The number of benzene rings is 1. The molecule has 1 N–H and O–H groups in total. The van der Waals surface area contributed by atoms with Crippen LogP contribution in [0.25, 0.3) is 5.65 Å². The van der Waals surface area contributed by atoms with Gasteiger partial charge in [-0.2, -0.15) is 0 Å². The van der Waals surface area contributed by atoms with E-state index in [1.807, 2.05) is 77.6 Å². The fourth-order valence-electron chi connectivity index (χ4n) is 3.60. The van der Waals surface area contributed by atoms with Gasteiger partial charge in [-0.1, -0.05) is 29.8 Å². The van der Waals surface area contributed by atoms with Crippen LogP contribution in [0, 0.1) is 0 Å². The standard InChI is InChI=1S/C23H24ClN5O/c24-20-10-8-18(9-11-20)19(17-28-13-3-4-14-28)16-23(30)25-12-5-7-22-27-26-21-6-1-2-15-29(21)22/h1-4,6,8-11,13-15,19H,5,7,12,16-17H2,(H,25,30)/t19-/m1/s1. The van der Waals surface area contributed by atoms with Crippen molar-refractivity contribution in [1.82, 2.24) is 24.5 Å². The Balaban J connectivity index is 1.31. The molecule has 7 heteroatoms. The predicted molar refractivity (Wildman–Crippen MR) is 118 cm³/mol. The summed E-state index contributed by atoms with van der Waals surface area (Å²) in [5.41, 5.74) is 1.95. The largest absolute Gasteiger partial charge is 0.356 e. The van der Waals surface area contributed by atoms with Crippen molar-refractivity contribution in [2.75, 3.05) is 6.54 Å². The summed E-state index contributed by atoms with van der Waals surface area (Å²) in [4.78, 5) is 12.6. The number of aryl methyl sites for hydroxylation is 1. The van der Waals surface area contributed by atoms with Gasteiger partial charge in [0, 0.05) is 55.5 Å². The Hall–Kier alpha value is -3.12. The predicted octanol–water partition coefficient (Wildman–Crippen LogP) is 4.11. The van der Waals surface area contributed by atoms with Crippen LogP contribution in [0.3, 0.4) is 0 Å². The number of carbonyl (C=O) groups is 1. The van der Waals surface area contributed by atoms with Gasteiger partial charge >= 0.3 is 0 Å². The van der Waals surface area contributed by atoms with Crippen molar-refractivity contribution in [2.24, 2.45) is 0 Å². The Labute approximate surface area is 180 Å². The molecule has 6 nitrogen and oxygen atoms in total. The van der Waals surface area contributed by atoms with Crippen LogP contribution in [-0.2, 0) is 17.8 Å². The van der Waals surface area contributed by atoms with E-state index in [0.29, 0.717) is 18.0 Å². The molecule has 0 fully saturated rings. The normalized spacial score (nSPS) is 12.2. The molecule has 4 aromatic rings. The maximum Gasteiger partial charge on any atom is 0.220 e. The molecular formula is C23H24ClN5O. The van der Waals surface area contributed by atoms with Gasteiger partial charge in [0.05, 0.1) is 0 Å². The lowest BCUT2D eigenvalue weighted by Crippen LogP contribution is -2.27. The molecule has 30 heavy (non-hydrogen) atoms. The minimum Gasteiger partial charge on any atom is -0.356 e. The highest BCUT2D eigenvalue weighted by Crippen LogP contribution is 2.24. The number of hydrogen-bond acceptors (Lipinski definition) is 3. The monoisotopic (exact) mass is 421 g/mol. The summed E-state index contributed by atoms with van der Waals surface area (Å²) < 4.78 is 4.08.